The predicted octanol–water partition coefficient (Wildman–Crippen LogP) is 4.76. The first-order valence-electron chi connectivity index (χ1n) is 8.86. The lowest BCUT2D eigenvalue weighted by Gasteiger charge is -2.15. The molecule has 0 atom stereocenters. The Labute approximate surface area is 163 Å². The van der Waals surface area contributed by atoms with E-state index in [4.69, 9.17) is 19.4 Å². The number of fused-ring (bicyclic) bond motifs is 1. The number of para-hydroxylation sites is 1. The molecule has 0 amide bonds. The first kappa shape index (κ1) is 17.7. The van der Waals surface area contributed by atoms with Crippen molar-refractivity contribution < 1.29 is 9.47 Å². The van der Waals surface area contributed by atoms with E-state index in [2.05, 4.69) is 10.3 Å². The molecule has 0 aliphatic carbocycles. The first-order chi connectivity index (χ1) is 13.7. The number of anilines is 2. The Hall–Kier alpha value is -3.67. The SMILES string of the molecule is COc1cc(C)c(Nc2nc(-c3ccncc3)nc3ccccc23)cc1OC. The second-order valence-electron chi connectivity index (χ2n) is 6.30. The highest BCUT2D eigenvalue weighted by Crippen LogP contribution is 2.35. The third kappa shape index (κ3) is 3.32. The summed E-state index contributed by atoms with van der Waals surface area (Å²) < 4.78 is 10.8. The summed E-state index contributed by atoms with van der Waals surface area (Å²) in [7, 11) is 3.25. The van der Waals surface area contributed by atoms with Gasteiger partial charge in [0.1, 0.15) is 5.82 Å². The van der Waals surface area contributed by atoms with Crippen molar-refractivity contribution in [2.24, 2.45) is 0 Å². The molecule has 0 saturated heterocycles. The zero-order valence-corrected chi connectivity index (χ0v) is 15.9. The predicted molar refractivity (Wildman–Crippen MR) is 110 cm³/mol. The number of hydrogen-bond donors (Lipinski definition) is 1. The van der Waals surface area contributed by atoms with E-state index < -0.39 is 0 Å². The van der Waals surface area contributed by atoms with Gasteiger partial charge in [-0.3, -0.25) is 4.98 Å². The van der Waals surface area contributed by atoms with Crippen molar-refractivity contribution in [1.82, 2.24) is 15.0 Å². The number of aromatic nitrogens is 3. The van der Waals surface area contributed by atoms with Crippen LogP contribution < -0.4 is 14.8 Å². The van der Waals surface area contributed by atoms with Gasteiger partial charge < -0.3 is 14.8 Å². The van der Waals surface area contributed by atoms with Crippen LogP contribution in [0.1, 0.15) is 5.56 Å². The molecule has 2 heterocycles. The van der Waals surface area contributed by atoms with E-state index >= 15 is 0 Å². The van der Waals surface area contributed by atoms with Gasteiger partial charge in [-0.2, -0.15) is 0 Å². The van der Waals surface area contributed by atoms with Gasteiger partial charge in [0.2, 0.25) is 0 Å². The van der Waals surface area contributed by atoms with Crippen molar-refractivity contribution in [3.8, 4) is 22.9 Å². The minimum Gasteiger partial charge on any atom is -0.493 e. The van der Waals surface area contributed by atoms with Crippen LogP contribution in [0.15, 0.2) is 60.9 Å². The lowest BCUT2D eigenvalue weighted by atomic mass is 10.1. The summed E-state index contributed by atoms with van der Waals surface area (Å²) in [5.74, 6) is 2.72. The Balaban J connectivity index is 1.85. The number of nitrogens with zero attached hydrogens (tertiary/aromatic N) is 3. The van der Waals surface area contributed by atoms with E-state index in [1.165, 1.54) is 0 Å². The van der Waals surface area contributed by atoms with Gasteiger partial charge in [0, 0.05) is 35.1 Å². The van der Waals surface area contributed by atoms with Crippen LogP contribution in [0.25, 0.3) is 22.3 Å². The van der Waals surface area contributed by atoms with Crippen molar-refractivity contribution in [1.29, 1.82) is 0 Å². The number of benzene rings is 2. The van der Waals surface area contributed by atoms with Gasteiger partial charge in [-0.25, -0.2) is 9.97 Å². The van der Waals surface area contributed by atoms with Crippen LogP contribution in [0, 0.1) is 6.92 Å². The molecule has 0 bridgehead atoms. The van der Waals surface area contributed by atoms with Crippen molar-refractivity contribution in [3.63, 3.8) is 0 Å². The van der Waals surface area contributed by atoms with E-state index in [0.29, 0.717) is 17.3 Å². The molecule has 0 fully saturated rings. The van der Waals surface area contributed by atoms with Crippen LogP contribution >= 0.6 is 0 Å². The van der Waals surface area contributed by atoms with Crippen LogP contribution in [-0.4, -0.2) is 29.2 Å². The van der Waals surface area contributed by atoms with Gasteiger partial charge in [0.15, 0.2) is 17.3 Å². The monoisotopic (exact) mass is 372 g/mol. The van der Waals surface area contributed by atoms with Crippen molar-refractivity contribution >= 4 is 22.4 Å². The first-order valence-corrected chi connectivity index (χ1v) is 8.86. The van der Waals surface area contributed by atoms with E-state index in [0.717, 1.165) is 33.5 Å². The molecule has 0 aliphatic heterocycles. The van der Waals surface area contributed by atoms with Gasteiger partial charge in [-0.05, 0) is 42.8 Å². The Bertz CT molecular complexity index is 1130. The van der Waals surface area contributed by atoms with E-state index in [1.54, 1.807) is 26.6 Å². The van der Waals surface area contributed by atoms with Crippen LogP contribution in [0.2, 0.25) is 0 Å². The Morgan fingerprint density at radius 1 is 0.857 bits per heavy atom. The second kappa shape index (κ2) is 7.52. The molecule has 0 spiro atoms. The minimum absolute atomic E-state index is 0.640. The molecule has 4 rings (SSSR count). The molecule has 0 aliphatic rings. The molecule has 28 heavy (non-hydrogen) atoms. The highest BCUT2D eigenvalue weighted by Gasteiger charge is 2.13. The normalized spacial score (nSPS) is 10.7. The van der Waals surface area contributed by atoms with Gasteiger partial charge >= 0.3 is 0 Å². The number of methoxy groups -OCH3 is 2. The second-order valence-corrected chi connectivity index (χ2v) is 6.30. The number of aryl methyl sites for hydroxylation is 1. The molecule has 4 aromatic rings. The maximum Gasteiger partial charge on any atom is 0.162 e. The van der Waals surface area contributed by atoms with E-state index in [9.17, 15) is 0 Å². The number of hydrogen-bond acceptors (Lipinski definition) is 6. The Morgan fingerprint density at radius 3 is 2.32 bits per heavy atom. The van der Waals surface area contributed by atoms with Crippen LogP contribution in [0.5, 0.6) is 11.5 Å². The summed E-state index contributed by atoms with van der Waals surface area (Å²) in [6, 6.07) is 15.6. The van der Waals surface area contributed by atoms with E-state index in [-0.39, 0.29) is 0 Å². The summed E-state index contributed by atoms with van der Waals surface area (Å²) in [6.07, 6.45) is 3.47. The molecule has 0 saturated carbocycles. The molecular formula is C22H20N4O2. The van der Waals surface area contributed by atoms with Gasteiger partial charge in [-0.15, -0.1) is 0 Å². The lowest BCUT2D eigenvalue weighted by Crippen LogP contribution is -2.02. The topological polar surface area (TPSA) is 69.2 Å². The Kier molecular flexibility index (Phi) is 4.76. The summed E-state index contributed by atoms with van der Waals surface area (Å²) >= 11 is 0. The summed E-state index contributed by atoms with van der Waals surface area (Å²) in [6.45, 7) is 2.01. The van der Waals surface area contributed by atoms with Gasteiger partial charge in [0.25, 0.3) is 0 Å². The molecule has 0 unspecified atom stereocenters. The average Bonchev–Trinajstić information content (AvgIpc) is 2.75. The average molecular weight is 372 g/mol. The van der Waals surface area contributed by atoms with Crippen LogP contribution in [0.3, 0.4) is 0 Å². The van der Waals surface area contributed by atoms with Crippen LogP contribution in [0.4, 0.5) is 11.5 Å². The fraction of sp³-hybridized carbons (Fsp3) is 0.136. The third-order valence-electron chi connectivity index (χ3n) is 4.53. The number of ether oxygens (including phenoxy) is 2. The van der Waals surface area contributed by atoms with Gasteiger partial charge in [-0.1, -0.05) is 12.1 Å². The quantitative estimate of drug-likeness (QED) is 0.545. The van der Waals surface area contributed by atoms with Crippen LogP contribution in [-0.2, 0) is 0 Å². The highest BCUT2D eigenvalue weighted by atomic mass is 16.5. The molecule has 140 valence electrons. The molecule has 6 nitrogen and oxygen atoms in total. The zero-order valence-electron chi connectivity index (χ0n) is 15.9. The summed E-state index contributed by atoms with van der Waals surface area (Å²) in [5, 5.41) is 4.39. The smallest absolute Gasteiger partial charge is 0.162 e. The number of nitrogens with one attached hydrogen (secondary N) is 1. The fourth-order valence-corrected chi connectivity index (χ4v) is 3.04. The fourth-order valence-electron chi connectivity index (χ4n) is 3.04. The maximum atomic E-state index is 5.45. The number of rotatable bonds is 5. The largest absolute Gasteiger partial charge is 0.493 e. The minimum atomic E-state index is 0.640. The number of pyridine rings is 1. The molecule has 2 aromatic heterocycles. The maximum absolute atomic E-state index is 5.45. The Morgan fingerprint density at radius 2 is 1.57 bits per heavy atom. The molecule has 2 aromatic carbocycles. The highest BCUT2D eigenvalue weighted by molar-refractivity contribution is 5.92. The van der Waals surface area contributed by atoms with Crippen molar-refractivity contribution in [2.75, 3.05) is 19.5 Å². The van der Waals surface area contributed by atoms with Crippen molar-refractivity contribution in [2.45, 2.75) is 6.92 Å². The molecular weight excluding hydrogens is 352 g/mol. The standard InChI is InChI=1S/C22H20N4O2/c1-14-12-19(27-2)20(28-3)13-18(14)25-22-16-6-4-5-7-17(16)24-21(26-22)15-8-10-23-11-9-15/h4-13H,1-3H3,(H,24,25,26). The van der Waals surface area contributed by atoms with Gasteiger partial charge in [0.05, 0.1) is 19.7 Å². The van der Waals surface area contributed by atoms with E-state index in [1.807, 2.05) is 55.5 Å². The molecule has 1 N–H and O–H groups in total. The summed E-state index contributed by atoms with van der Waals surface area (Å²) in [5.41, 5.74) is 3.69. The summed E-state index contributed by atoms with van der Waals surface area (Å²) in [4.78, 5) is 13.6. The molecule has 0 radical (unpaired) electrons. The zero-order chi connectivity index (χ0) is 19.5. The molecule has 6 heteroatoms. The van der Waals surface area contributed by atoms with Crippen molar-refractivity contribution in [3.05, 3.63) is 66.5 Å². The third-order valence-corrected chi connectivity index (χ3v) is 4.53. The lowest BCUT2D eigenvalue weighted by molar-refractivity contribution is 0.355.